The van der Waals surface area contributed by atoms with Gasteiger partial charge in [0, 0.05) is 25.2 Å². The standard InChI is InChI=1S/C23H23ClN2O3/c1-25(14-16-6-3-2-4-7-16)21-20(17-9-11-18(24)12-10-17)22(27)26(23(21)28)15-19-8-5-13-29-19/h2-4,6-7,9-12,19H,5,8,13-15H2,1H3. The average molecular weight is 411 g/mol. The van der Waals surface area contributed by atoms with Crippen molar-refractivity contribution in [2.24, 2.45) is 0 Å². The van der Waals surface area contributed by atoms with Crippen molar-refractivity contribution in [2.45, 2.75) is 25.5 Å². The highest BCUT2D eigenvalue weighted by molar-refractivity contribution is 6.36. The predicted octanol–water partition coefficient (Wildman–Crippen LogP) is 3.73. The largest absolute Gasteiger partial charge is 0.376 e. The molecule has 150 valence electrons. The van der Waals surface area contributed by atoms with Crippen LogP contribution >= 0.6 is 11.6 Å². The van der Waals surface area contributed by atoms with Crippen LogP contribution in [0.3, 0.4) is 0 Å². The van der Waals surface area contributed by atoms with Crippen LogP contribution in [0.5, 0.6) is 0 Å². The van der Waals surface area contributed by atoms with Gasteiger partial charge >= 0.3 is 0 Å². The van der Waals surface area contributed by atoms with Gasteiger partial charge in [0.2, 0.25) is 0 Å². The number of imide groups is 1. The van der Waals surface area contributed by atoms with Crippen molar-refractivity contribution in [1.29, 1.82) is 0 Å². The molecule has 0 N–H and O–H groups in total. The van der Waals surface area contributed by atoms with Gasteiger partial charge in [0.25, 0.3) is 11.8 Å². The highest BCUT2D eigenvalue weighted by Crippen LogP contribution is 2.33. The van der Waals surface area contributed by atoms with Crippen molar-refractivity contribution in [2.75, 3.05) is 20.2 Å². The van der Waals surface area contributed by atoms with Gasteiger partial charge in [-0.15, -0.1) is 0 Å². The van der Waals surface area contributed by atoms with Crippen molar-refractivity contribution < 1.29 is 14.3 Å². The molecule has 0 bridgehead atoms. The number of rotatable bonds is 6. The SMILES string of the molecule is CN(Cc1ccccc1)C1=C(c2ccc(Cl)cc2)C(=O)N(CC2CCCO2)C1=O. The fraction of sp³-hybridized carbons (Fsp3) is 0.304. The summed E-state index contributed by atoms with van der Waals surface area (Å²) in [5, 5.41) is 0.585. The molecular weight excluding hydrogens is 388 g/mol. The minimum Gasteiger partial charge on any atom is -0.376 e. The number of benzene rings is 2. The lowest BCUT2D eigenvalue weighted by molar-refractivity contribution is -0.139. The zero-order chi connectivity index (χ0) is 20.4. The molecule has 1 unspecified atom stereocenters. The number of likely N-dealkylation sites (N-methyl/N-ethyl adjacent to an activating group) is 1. The minimum absolute atomic E-state index is 0.0897. The molecule has 1 fully saturated rings. The number of ether oxygens (including phenoxy) is 1. The molecule has 0 saturated carbocycles. The topological polar surface area (TPSA) is 49.9 Å². The molecule has 0 radical (unpaired) electrons. The summed E-state index contributed by atoms with van der Waals surface area (Å²) in [6, 6.07) is 16.9. The van der Waals surface area contributed by atoms with E-state index < -0.39 is 0 Å². The second kappa shape index (κ2) is 8.39. The van der Waals surface area contributed by atoms with Crippen LogP contribution in [0, 0.1) is 0 Å². The molecule has 2 aromatic carbocycles. The third-order valence-electron chi connectivity index (χ3n) is 5.33. The lowest BCUT2D eigenvalue weighted by Gasteiger charge is -2.22. The predicted molar refractivity (Wildman–Crippen MR) is 112 cm³/mol. The summed E-state index contributed by atoms with van der Waals surface area (Å²) >= 11 is 6.03. The summed E-state index contributed by atoms with van der Waals surface area (Å²) in [5.41, 5.74) is 2.59. The molecule has 6 heteroatoms. The number of hydrogen-bond acceptors (Lipinski definition) is 4. The first kappa shape index (κ1) is 19.7. The highest BCUT2D eigenvalue weighted by atomic mass is 35.5. The Bertz CT molecular complexity index is 934. The molecule has 2 aromatic rings. The molecule has 0 spiro atoms. The van der Waals surface area contributed by atoms with E-state index in [2.05, 4.69) is 0 Å². The smallest absolute Gasteiger partial charge is 0.277 e. The van der Waals surface area contributed by atoms with E-state index in [1.807, 2.05) is 42.3 Å². The van der Waals surface area contributed by atoms with E-state index in [1.165, 1.54) is 4.90 Å². The maximum atomic E-state index is 13.3. The van der Waals surface area contributed by atoms with Gasteiger partial charge in [-0.25, -0.2) is 0 Å². The van der Waals surface area contributed by atoms with Gasteiger partial charge in [-0.2, -0.15) is 0 Å². The highest BCUT2D eigenvalue weighted by Gasteiger charge is 2.42. The monoisotopic (exact) mass is 410 g/mol. The van der Waals surface area contributed by atoms with Gasteiger partial charge in [0.15, 0.2) is 0 Å². The summed E-state index contributed by atoms with van der Waals surface area (Å²) in [5.74, 6) is -0.545. The Labute approximate surface area is 175 Å². The number of carbonyl (C=O) groups is 2. The van der Waals surface area contributed by atoms with Crippen LogP contribution in [0.4, 0.5) is 0 Å². The van der Waals surface area contributed by atoms with Crippen LogP contribution in [0.25, 0.3) is 5.57 Å². The maximum Gasteiger partial charge on any atom is 0.277 e. The number of amides is 2. The second-order valence-corrected chi connectivity index (χ2v) is 7.86. The summed E-state index contributed by atoms with van der Waals surface area (Å²) in [6.45, 7) is 1.50. The van der Waals surface area contributed by atoms with Crippen LogP contribution < -0.4 is 0 Å². The molecule has 2 aliphatic rings. The number of hydrogen-bond donors (Lipinski definition) is 0. The molecule has 29 heavy (non-hydrogen) atoms. The van der Waals surface area contributed by atoms with Gasteiger partial charge < -0.3 is 9.64 Å². The summed E-state index contributed by atoms with van der Waals surface area (Å²) in [7, 11) is 1.85. The molecule has 0 aliphatic carbocycles. The van der Waals surface area contributed by atoms with Crippen LogP contribution in [0.1, 0.15) is 24.0 Å². The normalized spacial score (nSPS) is 19.4. The quantitative estimate of drug-likeness (QED) is 0.681. The van der Waals surface area contributed by atoms with Gasteiger partial charge in [0.1, 0.15) is 5.70 Å². The van der Waals surface area contributed by atoms with Crippen molar-refractivity contribution in [1.82, 2.24) is 9.80 Å². The lowest BCUT2D eigenvalue weighted by atomic mass is 10.0. The van der Waals surface area contributed by atoms with Crippen molar-refractivity contribution in [3.05, 3.63) is 76.4 Å². The van der Waals surface area contributed by atoms with Crippen LogP contribution in [0.15, 0.2) is 60.3 Å². The van der Waals surface area contributed by atoms with E-state index in [1.54, 1.807) is 24.3 Å². The van der Waals surface area contributed by atoms with Crippen LogP contribution in [-0.4, -0.2) is 47.9 Å². The van der Waals surface area contributed by atoms with Crippen molar-refractivity contribution >= 4 is 29.0 Å². The summed E-state index contributed by atoms with van der Waals surface area (Å²) in [4.78, 5) is 29.8. The number of nitrogens with zero attached hydrogens (tertiary/aromatic N) is 2. The first-order valence-electron chi connectivity index (χ1n) is 9.77. The Balaban J connectivity index is 1.69. The molecule has 0 aromatic heterocycles. The molecule has 1 atom stereocenters. The van der Waals surface area contributed by atoms with E-state index in [4.69, 9.17) is 16.3 Å². The summed E-state index contributed by atoms with van der Waals surface area (Å²) < 4.78 is 5.66. The molecule has 1 saturated heterocycles. The number of carbonyl (C=O) groups excluding carboxylic acids is 2. The Morgan fingerprint density at radius 2 is 1.79 bits per heavy atom. The van der Waals surface area contributed by atoms with Crippen molar-refractivity contribution in [3.63, 3.8) is 0 Å². The van der Waals surface area contributed by atoms with Gasteiger partial charge in [0.05, 0.1) is 18.2 Å². The van der Waals surface area contributed by atoms with Crippen LogP contribution in [-0.2, 0) is 20.9 Å². The van der Waals surface area contributed by atoms with E-state index in [0.717, 1.165) is 18.4 Å². The van der Waals surface area contributed by atoms with Crippen LogP contribution in [0.2, 0.25) is 5.02 Å². The van der Waals surface area contributed by atoms with Gasteiger partial charge in [-0.1, -0.05) is 54.1 Å². The second-order valence-electron chi connectivity index (χ2n) is 7.43. The van der Waals surface area contributed by atoms with E-state index in [9.17, 15) is 9.59 Å². The number of halogens is 1. The molecule has 4 rings (SSSR count). The molecular formula is C23H23ClN2O3. The average Bonchev–Trinajstić information content (AvgIpc) is 3.32. The third kappa shape index (κ3) is 4.07. The fourth-order valence-corrected chi connectivity index (χ4v) is 4.01. The van der Waals surface area contributed by atoms with Gasteiger partial charge in [-0.05, 0) is 36.1 Å². The minimum atomic E-state index is -0.275. The molecule has 2 aliphatic heterocycles. The fourth-order valence-electron chi connectivity index (χ4n) is 3.89. The van der Waals surface area contributed by atoms with E-state index >= 15 is 0 Å². The zero-order valence-corrected chi connectivity index (χ0v) is 17.1. The zero-order valence-electron chi connectivity index (χ0n) is 16.3. The Hall–Kier alpha value is -2.63. The van der Waals surface area contributed by atoms with Gasteiger partial charge in [-0.3, -0.25) is 14.5 Å². The lowest BCUT2D eigenvalue weighted by Crippen LogP contribution is -2.39. The molecule has 2 amide bonds. The Morgan fingerprint density at radius 3 is 2.45 bits per heavy atom. The first-order chi connectivity index (χ1) is 14.0. The molecule has 5 nitrogen and oxygen atoms in total. The Morgan fingerprint density at radius 1 is 1.07 bits per heavy atom. The summed E-state index contributed by atoms with van der Waals surface area (Å²) in [6.07, 6.45) is 1.73. The third-order valence-corrected chi connectivity index (χ3v) is 5.58. The Kier molecular flexibility index (Phi) is 5.69. The first-order valence-corrected chi connectivity index (χ1v) is 10.2. The maximum absolute atomic E-state index is 13.3. The molecule has 2 heterocycles. The van der Waals surface area contributed by atoms with Crippen molar-refractivity contribution in [3.8, 4) is 0 Å². The van der Waals surface area contributed by atoms with E-state index in [0.29, 0.717) is 35.0 Å². The van der Waals surface area contributed by atoms with E-state index in [-0.39, 0.29) is 24.5 Å².